The van der Waals surface area contributed by atoms with Crippen molar-refractivity contribution < 1.29 is 13.2 Å². The molecule has 2 bridgehead atoms. The number of nitrogens with one attached hydrogen (secondary N) is 3. The first kappa shape index (κ1) is 15.9. The highest BCUT2D eigenvalue weighted by Gasteiger charge is 2.34. The van der Waals surface area contributed by atoms with Gasteiger partial charge in [0.25, 0.3) is 10.0 Å². The number of rotatable bonds is 5. The second kappa shape index (κ2) is 6.27. The van der Waals surface area contributed by atoms with Crippen molar-refractivity contribution in [3.05, 3.63) is 17.5 Å². The van der Waals surface area contributed by atoms with Crippen LogP contribution in [0.15, 0.2) is 21.7 Å². The summed E-state index contributed by atoms with van der Waals surface area (Å²) in [4.78, 5) is 12.2. The van der Waals surface area contributed by atoms with Gasteiger partial charge in [-0.05, 0) is 44.1 Å². The molecule has 122 valence electrons. The van der Waals surface area contributed by atoms with Crippen molar-refractivity contribution in [3.63, 3.8) is 0 Å². The Hall–Kier alpha value is -0.960. The number of carbonyl (C=O) groups excluding carboxylic acids is 1. The summed E-state index contributed by atoms with van der Waals surface area (Å²) in [6.45, 7) is 1.58. The van der Waals surface area contributed by atoms with Gasteiger partial charge in [0, 0.05) is 18.1 Å². The van der Waals surface area contributed by atoms with Crippen LogP contribution in [0.2, 0.25) is 0 Å². The molecule has 3 heterocycles. The van der Waals surface area contributed by atoms with Crippen molar-refractivity contribution in [2.45, 2.75) is 61.0 Å². The fourth-order valence-electron chi connectivity index (χ4n) is 3.26. The quantitative estimate of drug-likeness (QED) is 0.738. The standard InChI is InChI=1S/C14H21N3O3S2/c1-9(17-22(19,20)13-3-2-6-21-13)14(18)16-12-7-10-4-5-11(8-12)15-10/h2-3,6,9-12,15,17H,4-5,7-8H2,1H3,(H,16,18). The highest BCUT2D eigenvalue weighted by Crippen LogP contribution is 2.26. The molecule has 2 aliphatic rings. The van der Waals surface area contributed by atoms with Gasteiger partial charge in [0.15, 0.2) is 0 Å². The molecule has 22 heavy (non-hydrogen) atoms. The molecule has 0 spiro atoms. The Morgan fingerprint density at radius 3 is 2.64 bits per heavy atom. The highest BCUT2D eigenvalue weighted by molar-refractivity contribution is 7.91. The van der Waals surface area contributed by atoms with Gasteiger partial charge in [0.2, 0.25) is 5.91 Å². The zero-order chi connectivity index (χ0) is 15.7. The number of thiophene rings is 1. The maximum absolute atomic E-state index is 12.2. The molecule has 0 aliphatic carbocycles. The number of hydrogen-bond acceptors (Lipinski definition) is 5. The third-order valence-electron chi connectivity index (χ3n) is 4.30. The summed E-state index contributed by atoms with van der Waals surface area (Å²) < 4.78 is 26.9. The molecular formula is C14H21N3O3S2. The predicted molar refractivity (Wildman–Crippen MR) is 85.2 cm³/mol. The van der Waals surface area contributed by atoms with Crippen LogP contribution in [-0.4, -0.2) is 38.5 Å². The molecule has 3 N–H and O–H groups in total. The molecule has 8 heteroatoms. The molecule has 1 aromatic rings. The van der Waals surface area contributed by atoms with E-state index in [1.165, 1.54) is 6.07 Å². The van der Waals surface area contributed by atoms with Crippen molar-refractivity contribution in [1.82, 2.24) is 15.4 Å². The minimum Gasteiger partial charge on any atom is -0.352 e. The zero-order valence-corrected chi connectivity index (χ0v) is 14.0. The van der Waals surface area contributed by atoms with Gasteiger partial charge in [-0.1, -0.05) is 6.07 Å². The fourth-order valence-corrected chi connectivity index (χ4v) is 5.47. The van der Waals surface area contributed by atoms with E-state index in [0.717, 1.165) is 37.0 Å². The van der Waals surface area contributed by atoms with Crippen LogP contribution in [0.5, 0.6) is 0 Å². The summed E-state index contributed by atoms with van der Waals surface area (Å²) in [6, 6.07) is 3.54. The molecular weight excluding hydrogens is 322 g/mol. The lowest BCUT2D eigenvalue weighted by atomic mass is 9.99. The Morgan fingerprint density at radius 2 is 2.05 bits per heavy atom. The van der Waals surface area contributed by atoms with Crippen LogP contribution < -0.4 is 15.4 Å². The molecule has 0 saturated carbocycles. The van der Waals surface area contributed by atoms with Crippen molar-refractivity contribution in [2.24, 2.45) is 0 Å². The molecule has 1 amide bonds. The summed E-state index contributed by atoms with van der Waals surface area (Å²) in [6.07, 6.45) is 4.18. The molecule has 3 unspecified atom stereocenters. The van der Waals surface area contributed by atoms with E-state index in [9.17, 15) is 13.2 Å². The molecule has 2 fully saturated rings. The molecule has 2 aliphatic heterocycles. The van der Waals surface area contributed by atoms with Gasteiger partial charge < -0.3 is 10.6 Å². The van der Waals surface area contributed by atoms with Crippen LogP contribution in [0.1, 0.15) is 32.6 Å². The Balaban J connectivity index is 1.56. The number of carbonyl (C=O) groups is 1. The maximum atomic E-state index is 12.2. The predicted octanol–water partition coefficient (Wildman–Crippen LogP) is 0.814. The normalized spacial score (nSPS) is 29.2. The topological polar surface area (TPSA) is 87.3 Å². The monoisotopic (exact) mass is 343 g/mol. The highest BCUT2D eigenvalue weighted by atomic mass is 32.2. The van der Waals surface area contributed by atoms with Gasteiger partial charge in [0.1, 0.15) is 4.21 Å². The van der Waals surface area contributed by atoms with E-state index in [1.807, 2.05) is 0 Å². The Kier molecular flexibility index (Phi) is 4.54. The van der Waals surface area contributed by atoms with Crippen LogP contribution in [0.3, 0.4) is 0 Å². The second-order valence-electron chi connectivity index (χ2n) is 6.09. The van der Waals surface area contributed by atoms with Crippen molar-refractivity contribution in [2.75, 3.05) is 0 Å². The van der Waals surface area contributed by atoms with E-state index >= 15 is 0 Å². The second-order valence-corrected chi connectivity index (χ2v) is 8.98. The lowest BCUT2D eigenvalue weighted by Gasteiger charge is -2.30. The van der Waals surface area contributed by atoms with Crippen LogP contribution >= 0.6 is 11.3 Å². The molecule has 6 nitrogen and oxygen atoms in total. The van der Waals surface area contributed by atoms with E-state index in [1.54, 1.807) is 18.4 Å². The first-order valence-corrected chi connectivity index (χ1v) is 9.92. The zero-order valence-electron chi connectivity index (χ0n) is 12.4. The van der Waals surface area contributed by atoms with Gasteiger partial charge in [-0.3, -0.25) is 4.79 Å². The molecule has 2 saturated heterocycles. The lowest BCUT2D eigenvalue weighted by molar-refractivity contribution is -0.123. The lowest BCUT2D eigenvalue weighted by Crippen LogP contribution is -2.52. The molecule has 1 aromatic heterocycles. The Bertz CT molecular complexity index is 618. The average molecular weight is 343 g/mol. The number of hydrogen-bond donors (Lipinski definition) is 3. The van der Waals surface area contributed by atoms with Gasteiger partial charge >= 0.3 is 0 Å². The van der Waals surface area contributed by atoms with Gasteiger partial charge in [-0.25, -0.2) is 8.42 Å². The Labute approximate surface area is 134 Å². The summed E-state index contributed by atoms with van der Waals surface area (Å²) in [5.41, 5.74) is 0. The average Bonchev–Trinajstić information content (AvgIpc) is 3.08. The molecule has 3 rings (SSSR count). The van der Waals surface area contributed by atoms with Crippen LogP contribution in [-0.2, 0) is 14.8 Å². The van der Waals surface area contributed by atoms with Gasteiger partial charge in [-0.2, -0.15) is 4.72 Å². The van der Waals surface area contributed by atoms with E-state index in [-0.39, 0.29) is 16.2 Å². The smallest absolute Gasteiger partial charge is 0.250 e. The minimum atomic E-state index is -3.62. The first-order chi connectivity index (χ1) is 10.4. The van der Waals surface area contributed by atoms with Crippen molar-refractivity contribution in [1.29, 1.82) is 0 Å². The first-order valence-electron chi connectivity index (χ1n) is 7.56. The summed E-state index contributed by atoms with van der Waals surface area (Å²) in [7, 11) is -3.62. The van der Waals surface area contributed by atoms with Crippen LogP contribution in [0.25, 0.3) is 0 Å². The van der Waals surface area contributed by atoms with Crippen LogP contribution in [0.4, 0.5) is 0 Å². The largest absolute Gasteiger partial charge is 0.352 e. The van der Waals surface area contributed by atoms with E-state index in [4.69, 9.17) is 0 Å². The summed E-state index contributed by atoms with van der Waals surface area (Å²) in [5, 5.41) is 8.20. The van der Waals surface area contributed by atoms with E-state index < -0.39 is 16.1 Å². The number of piperidine rings is 1. The van der Waals surface area contributed by atoms with Crippen molar-refractivity contribution >= 4 is 27.3 Å². The molecule has 0 radical (unpaired) electrons. The third kappa shape index (κ3) is 3.51. The molecule has 0 aromatic carbocycles. The number of fused-ring (bicyclic) bond motifs is 2. The summed E-state index contributed by atoms with van der Waals surface area (Å²) in [5.74, 6) is -0.258. The number of amides is 1. The van der Waals surface area contributed by atoms with Crippen LogP contribution in [0, 0.1) is 0 Å². The minimum absolute atomic E-state index is 0.139. The van der Waals surface area contributed by atoms with Gasteiger partial charge in [-0.15, -0.1) is 11.3 Å². The van der Waals surface area contributed by atoms with Gasteiger partial charge in [0.05, 0.1) is 6.04 Å². The number of sulfonamides is 1. The maximum Gasteiger partial charge on any atom is 0.250 e. The molecule has 3 atom stereocenters. The summed E-state index contributed by atoms with van der Waals surface area (Å²) >= 11 is 1.14. The Morgan fingerprint density at radius 1 is 1.36 bits per heavy atom. The third-order valence-corrected chi connectivity index (χ3v) is 7.24. The van der Waals surface area contributed by atoms with Crippen molar-refractivity contribution in [3.8, 4) is 0 Å². The SMILES string of the molecule is CC(NS(=O)(=O)c1cccs1)C(=O)NC1CC2CCC(C1)N2. The van der Waals surface area contributed by atoms with E-state index in [0.29, 0.717) is 12.1 Å². The van der Waals surface area contributed by atoms with E-state index in [2.05, 4.69) is 15.4 Å². The fraction of sp³-hybridized carbons (Fsp3) is 0.643.